The highest BCUT2D eigenvalue weighted by Crippen LogP contribution is 2.44. The highest BCUT2D eigenvalue weighted by atomic mass is 79.9. The van der Waals surface area contributed by atoms with E-state index in [1.807, 2.05) is 0 Å². The monoisotopic (exact) mass is 284 g/mol. The molecule has 1 aliphatic carbocycles. The molecule has 0 aliphatic heterocycles. The summed E-state index contributed by atoms with van der Waals surface area (Å²) >= 11 is 3.26. The fourth-order valence-electron chi connectivity index (χ4n) is 1.44. The molecule has 1 saturated carbocycles. The van der Waals surface area contributed by atoms with Gasteiger partial charge in [-0.15, -0.1) is 0 Å². The van der Waals surface area contributed by atoms with Crippen molar-refractivity contribution in [2.24, 2.45) is 5.41 Å². The highest BCUT2D eigenvalue weighted by molar-refractivity contribution is 9.10. The Labute approximate surface area is 102 Å². The number of hydrogen-bond acceptors (Lipinski definition) is 3. The molecule has 1 amide bonds. The van der Waals surface area contributed by atoms with Crippen LogP contribution in [0.2, 0.25) is 0 Å². The molecular formula is C11H13BrN2O2. The molecule has 0 radical (unpaired) electrons. The molecular weight excluding hydrogens is 272 g/mol. The number of carbonyl (C=O) groups excluding carboxylic acids is 1. The quantitative estimate of drug-likeness (QED) is 0.877. The molecule has 1 fully saturated rings. The van der Waals surface area contributed by atoms with Gasteiger partial charge in [0.2, 0.25) is 0 Å². The summed E-state index contributed by atoms with van der Waals surface area (Å²) in [5.74, 6) is -0.188. The van der Waals surface area contributed by atoms with Crippen molar-refractivity contribution in [2.45, 2.75) is 12.8 Å². The van der Waals surface area contributed by atoms with Crippen LogP contribution < -0.4 is 5.32 Å². The third-order valence-electron chi connectivity index (χ3n) is 2.88. The van der Waals surface area contributed by atoms with Crippen LogP contribution in [0.15, 0.2) is 22.8 Å². The summed E-state index contributed by atoms with van der Waals surface area (Å²) in [5.41, 5.74) is 0.335. The fraction of sp³-hybridized carbons (Fsp3) is 0.455. The average Bonchev–Trinajstić information content (AvgIpc) is 3.08. The zero-order chi connectivity index (χ0) is 11.6. The Bertz CT molecular complexity index is 387. The first-order valence-electron chi connectivity index (χ1n) is 5.16. The molecule has 0 atom stereocenters. The number of nitrogens with one attached hydrogen (secondary N) is 1. The number of hydrogen-bond donors (Lipinski definition) is 2. The largest absolute Gasteiger partial charge is 0.396 e. The predicted octanol–water partition coefficient (Wildman–Crippen LogP) is 1.35. The summed E-state index contributed by atoms with van der Waals surface area (Å²) in [5, 5.41) is 11.9. The van der Waals surface area contributed by atoms with Gasteiger partial charge < -0.3 is 10.4 Å². The molecule has 2 N–H and O–H groups in total. The van der Waals surface area contributed by atoms with E-state index in [0.717, 1.165) is 17.3 Å². The Kier molecular flexibility index (Phi) is 3.25. The Hall–Kier alpha value is -0.940. The lowest BCUT2D eigenvalue weighted by molar-refractivity contribution is 0.0930. The molecule has 0 unspecified atom stereocenters. The summed E-state index contributed by atoms with van der Waals surface area (Å²) in [4.78, 5) is 15.7. The summed E-state index contributed by atoms with van der Waals surface area (Å²) in [6.45, 7) is 0.668. The minimum absolute atomic E-state index is 0.0645. The molecule has 0 bridgehead atoms. The summed E-state index contributed by atoms with van der Waals surface area (Å²) < 4.78 is 0.845. The minimum Gasteiger partial charge on any atom is -0.396 e. The molecule has 1 aromatic heterocycles. The van der Waals surface area contributed by atoms with E-state index in [1.165, 1.54) is 0 Å². The van der Waals surface area contributed by atoms with Crippen molar-refractivity contribution < 1.29 is 9.90 Å². The normalized spacial score (nSPS) is 16.9. The van der Waals surface area contributed by atoms with Gasteiger partial charge in [0.25, 0.3) is 5.91 Å². The first kappa shape index (κ1) is 11.5. The Morgan fingerprint density at radius 3 is 2.81 bits per heavy atom. The van der Waals surface area contributed by atoms with Crippen LogP contribution in [0.25, 0.3) is 0 Å². The molecule has 0 spiro atoms. The Morgan fingerprint density at radius 1 is 1.56 bits per heavy atom. The highest BCUT2D eigenvalue weighted by Gasteiger charge is 2.42. The zero-order valence-corrected chi connectivity index (χ0v) is 10.3. The van der Waals surface area contributed by atoms with Crippen molar-refractivity contribution in [1.29, 1.82) is 0 Å². The van der Waals surface area contributed by atoms with E-state index in [1.54, 1.807) is 18.3 Å². The summed E-state index contributed by atoms with van der Waals surface area (Å²) in [6.07, 6.45) is 3.56. The van der Waals surface area contributed by atoms with E-state index in [9.17, 15) is 4.79 Å². The number of carbonyl (C=O) groups is 1. The first-order valence-corrected chi connectivity index (χ1v) is 5.95. The third kappa shape index (κ3) is 2.59. The molecule has 4 nitrogen and oxygen atoms in total. The molecule has 2 rings (SSSR count). The topological polar surface area (TPSA) is 62.2 Å². The Balaban J connectivity index is 1.91. The van der Waals surface area contributed by atoms with Crippen LogP contribution in [0.3, 0.4) is 0 Å². The lowest BCUT2D eigenvalue weighted by Gasteiger charge is -2.12. The van der Waals surface area contributed by atoms with Gasteiger partial charge in [0.1, 0.15) is 5.69 Å². The van der Waals surface area contributed by atoms with E-state index in [0.29, 0.717) is 12.2 Å². The first-order chi connectivity index (χ1) is 7.65. The number of aliphatic hydroxyl groups excluding tert-OH is 1. The predicted molar refractivity (Wildman–Crippen MR) is 63.0 cm³/mol. The van der Waals surface area contributed by atoms with Crippen LogP contribution in [0.1, 0.15) is 23.3 Å². The van der Waals surface area contributed by atoms with Crippen LogP contribution in [0, 0.1) is 5.41 Å². The lowest BCUT2D eigenvalue weighted by Crippen LogP contribution is -2.32. The number of rotatable bonds is 4. The van der Waals surface area contributed by atoms with Crippen molar-refractivity contribution in [3.8, 4) is 0 Å². The number of halogens is 1. The van der Waals surface area contributed by atoms with Crippen molar-refractivity contribution in [1.82, 2.24) is 10.3 Å². The number of aliphatic hydroxyl groups is 1. The van der Waals surface area contributed by atoms with E-state index in [4.69, 9.17) is 5.11 Å². The molecule has 0 saturated heterocycles. The van der Waals surface area contributed by atoms with Crippen molar-refractivity contribution in [2.75, 3.05) is 13.2 Å². The summed E-state index contributed by atoms with van der Waals surface area (Å²) in [7, 11) is 0. The minimum atomic E-state index is -0.188. The molecule has 5 heteroatoms. The molecule has 16 heavy (non-hydrogen) atoms. The number of nitrogens with zero attached hydrogens (tertiary/aromatic N) is 1. The molecule has 86 valence electrons. The fourth-order valence-corrected chi connectivity index (χ4v) is 1.67. The van der Waals surface area contributed by atoms with E-state index in [2.05, 4.69) is 26.2 Å². The maximum atomic E-state index is 11.7. The van der Waals surface area contributed by atoms with Gasteiger partial charge in [-0.05, 0) is 40.9 Å². The zero-order valence-electron chi connectivity index (χ0n) is 8.74. The second-order valence-electron chi connectivity index (χ2n) is 4.20. The SMILES string of the molecule is O=C(NCC1(CO)CC1)c1ccc(Br)cn1. The van der Waals surface area contributed by atoms with Crippen LogP contribution >= 0.6 is 15.9 Å². The number of amides is 1. The van der Waals surface area contributed by atoms with Crippen LogP contribution in [-0.2, 0) is 0 Å². The van der Waals surface area contributed by atoms with Crippen molar-refractivity contribution in [3.05, 3.63) is 28.5 Å². The Morgan fingerprint density at radius 2 is 2.31 bits per heavy atom. The second-order valence-corrected chi connectivity index (χ2v) is 5.12. The maximum absolute atomic E-state index is 11.7. The molecule has 1 heterocycles. The summed E-state index contributed by atoms with van der Waals surface area (Å²) in [6, 6.07) is 3.44. The van der Waals surface area contributed by atoms with Gasteiger partial charge in [0.15, 0.2) is 0 Å². The second kappa shape index (κ2) is 4.51. The van der Waals surface area contributed by atoms with Gasteiger partial charge in [-0.2, -0.15) is 0 Å². The van der Waals surface area contributed by atoms with E-state index < -0.39 is 0 Å². The van der Waals surface area contributed by atoms with Gasteiger partial charge in [-0.3, -0.25) is 4.79 Å². The van der Waals surface area contributed by atoms with Crippen molar-refractivity contribution >= 4 is 21.8 Å². The van der Waals surface area contributed by atoms with E-state index >= 15 is 0 Å². The maximum Gasteiger partial charge on any atom is 0.269 e. The van der Waals surface area contributed by atoms with Gasteiger partial charge in [0.05, 0.1) is 6.61 Å². The smallest absolute Gasteiger partial charge is 0.269 e. The van der Waals surface area contributed by atoms with Crippen LogP contribution in [0.4, 0.5) is 0 Å². The van der Waals surface area contributed by atoms with Crippen LogP contribution in [0.5, 0.6) is 0 Å². The standard InChI is InChI=1S/C11H13BrN2O2/c12-8-1-2-9(13-5-8)10(16)14-6-11(7-15)3-4-11/h1-2,5,15H,3-4,6-7H2,(H,14,16). The lowest BCUT2D eigenvalue weighted by atomic mass is 10.1. The third-order valence-corrected chi connectivity index (χ3v) is 3.35. The number of aromatic nitrogens is 1. The average molecular weight is 285 g/mol. The van der Waals surface area contributed by atoms with Crippen molar-refractivity contribution in [3.63, 3.8) is 0 Å². The molecule has 1 aromatic rings. The van der Waals surface area contributed by atoms with Crippen LogP contribution in [-0.4, -0.2) is 29.1 Å². The van der Waals surface area contributed by atoms with Gasteiger partial charge in [0, 0.05) is 22.6 Å². The van der Waals surface area contributed by atoms with Gasteiger partial charge in [-0.25, -0.2) is 4.98 Å². The van der Waals surface area contributed by atoms with Gasteiger partial charge in [-0.1, -0.05) is 0 Å². The van der Waals surface area contributed by atoms with E-state index in [-0.39, 0.29) is 17.9 Å². The molecule has 1 aliphatic rings. The van der Waals surface area contributed by atoms with Gasteiger partial charge >= 0.3 is 0 Å². The number of pyridine rings is 1. The molecule has 0 aromatic carbocycles.